The van der Waals surface area contributed by atoms with Crippen LogP contribution in [0.15, 0.2) is 142 Å². The van der Waals surface area contributed by atoms with Crippen LogP contribution in [0.4, 0.5) is 0 Å². The molecule has 3 heteroatoms. The van der Waals surface area contributed by atoms with Crippen LogP contribution in [0.5, 0.6) is 0 Å². The monoisotopic (exact) mass is 748 g/mol. The maximum atomic E-state index is 5.67. The summed E-state index contributed by atoms with van der Waals surface area (Å²) in [6.07, 6.45) is 8.47. The number of hydrogen-bond acceptors (Lipinski definition) is 0. The normalized spacial score (nSPS) is 15.4. The van der Waals surface area contributed by atoms with Gasteiger partial charge in [-0.25, -0.2) is 0 Å². The molecule has 0 nitrogen and oxygen atoms in total. The van der Waals surface area contributed by atoms with Crippen molar-refractivity contribution in [1.82, 2.24) is 0 Å². The summed E-state index contributed by atoms with van der Waals surface area (Å²) >= 11 is -4.58. The van der Waals surface area contributed by atoms with Gasteiger partial charge in [-0.3, -0.25) is 0 Å². The number of rotatable bonds is 7. The molecule has 2 aliphatic carbocycles. The van der Waals surface area contributed by atoms with Crippen molar-refractivity contribution in [3.63, 3.8) is 0 Å². The van der Waals surface area contributed by atoms with Crippen LogP contribution in [0.25, 0.3) is 33.4 Å². The van der Waals surface area contributed by atoms with E-state index in [1.165, 1.54) is 53.4 Å². The van der Waals surface area contributed by atoms with E-state index in [9.17, 15) is 0 Å². The van der Waals surface area contributed by atoms with E-state index < -0.39 is 18.3 Å². The van der Waals surface area contributed by atoms with Crippen LogP contribution in [0.2, 0.25) is 4.63 Å². The van der Waals surface area contributed by atoms with Gasteiger partial charge in [0.15, 0.2) is 0 Å². The number of benzene rings is 5. The third kappa shape index (κ3) is 6.02. The summed E-state index contributed by atoms with van der Waals surface area (Å²) in [5.41, 5.74) is 12.4. The Balaban J connectivity index is 0.00000225. The van der Waals surface area contributed by atoms with Gasteiger partial charge in [-0.2, -0.15) is 0 Å². The molecule has 0 aliphatic heterocycles. The van der Waals surface area contributed by atoms with Gasteiger partial charge in [-0.1, -0.05) is 0 Å². The van der Waals surface area contributed by atoms with Crippen LogP contribution < -0.4 is 6.54 Å². The predicted octanol–water partition coefficient (Wildman–Crippen LogP) is 11.8. The molecule has 246 valence electrons. The topological polar surface area (TPSA) is 0 Å². The summed E-state index contributed by atoms with van der Waals surface area (Å²) in [7, 11) is 0. The second kappa shape index (κ2) is 13.7. The number of fused-ring (bicyclic) bond motifs is 3. The Bertz CT molecular complexity index is 2070. The fourth-order valence-corrected chi connectivity index (χ4v) is 22.6. The van der Waals surface area contributed by atoms with Gasteiger partial charge in [0.05, 0.1) is 0 Å². The Hall–Kier alpha value is -3.09. The average molecular weight is 751 g/mol. The number of halogens is 2. The first-order chi connectivity index (χ1) is 22.1. The molecular formula is C45H48Cl2Zr. The molecule has 48 heavy (non-hydrogen) atoms. The molecule has 0 N–H and O–H groups in total. The van der Waals surface area contributed by atoms with Crippen molar-refractivity contribution in [3.8, 4) is 33.4 Å². The molecule has 0 bridgehead atoms. The van der Waals surface area contributed by atoms with E-state index in [0.717, 1.165) is 19.3 Å². The fourth-order valence-electron chi connectivity index (χ4n) is 8.41. The van der Waals surface area contributed by atoms with Gasteiger partial charge in [0.2, 0.25) is 0 Å². The van der Waals surface area contributed by atoms with Crippen LogP contribution in [-0.4, -0.2) is 4.21 Å². The Labute approximate surface area is 301 Å². The molecule has 1 atom stereocenters. The maximum absolute atomic E-state index is 5.67. The molecule has 2 aliphatic rings. The zero-order valence-corrected chi connectivity index (χ0v) is 33.0. The molecule has 0 aromatic heterocycles. The Kier molecular flexibility index (Phi) is 10.3. The summed E-state index contributed by atoms with van der Waals surface area (Å²) in [6.45, 7) is 9.43. The standard InChI is InChI=1S/C25H17.C12H19.C6H5.CH3.CH2.2ClH.Zr/c1-3-7-18(8-4-1)20-11-13-24-22(15-20)17-23-16-21(12-14-25(23)24)19-9-5-2-6-10-19;1-5-6-10-7-8-11(9-10)12(2,3)4;1-2-4-6-5-3-1;;;;;/h1-15H,17H2;8-10H,5-6H2,1-4H3;1-5H;1H3;1H2;2*1H;. The van der Waals surface area contributed by atoms with Crippen LogP contribution in [-0.2, 0) is 24.7 Å². The molecule has 0 fully saturated rings. The molecule has 5 aromatic carbocycles. The molecule has 0 saturated heterocycles. The number of hydrogen-bond donors (Lipinski definition) is 0. The minimum atomic E-state index is -4.58. The van der Waals surface area contributed by atoms with E-state index in [4.69, 9.17) is 4.21 Å². The van der Waals surface area contributed by atoms with E-state index in [1.807, 2.05) is 0 Å². The molecule has 1 unspecified atom stereocenters. The first kappa shape index (κ1) is 36.2. The fraction of sp³-hybridized carbons (Fsp3) is 0.222. The van der Waals surface area contributed by atoms with Crippen LogP contribution >= 0.6 is 24.8 Å². The molecule has 5 aromatic rings. The average Bonchev–Trinajstić information content (AvgIpc) is 3.68. The zero-order valence-electron chi connectivity index (χ0n) is 28.9. The third-order valence-electron chi connectivity index (χ3n) is 10.8. The van der Waals surface area contributed by atoms with Crippen LogP contribution in [0.1, 0.15) is 51.7 Å². The zero-order chi connectivity index (χ0) is 32.1. The summed E-state index contributed by atoms with van der Waals surface area (Å²) in [4.78, 5) is 0. The van der Waals surface area contributed by atoms with Crippen molar-refractivity contribution in [2.24, 2.45) is 11.3 Å². The minimum absolute atomic E-state index is 0. The molecule has 0 amide bonds. The van der Waals surface area contributed by atoms with E-state index in [0.29, 0.717) is 5.92 Å². The molecule has 0 radical (unpaired) electrons. The van der Waals surface area contributed by atoms with Gasteiger partial charge in [-0.05, 0) is 0 Å². The SMILES string of the molecule is Cl.Cl.[CH2]=[Zr]([CH3])([C]1=CC(C(C)(C)C)=CC1CCC)([c]1ccccc1)[c]1c(-c2ccccc2)ccc2c1Cc1cc(-c3ccccc3)ccc1-2. The second-order valence-corrected chi connectivity index (χ2v) is 29.0. The molecule has 0 saturated carbocycles. The van der Waals surface area contributed by atoms with Crippen LogP contribution in [0, 0.1) is 11.3 Å². The Morgan fingerprint density at radius 3 is 1.85 bits per heavy atom. The van der Waals surface area contributed by atoms with E-state index >= 15 is 0 Å². The van der Waals surface area contributed by atoms with Crippen LogP contribution in [0.3, 0.4) is 0 Å². The van der Waals surface area contributed by atoms with Gasteiger partial charge in [0.25, 0.3) is 0 Å². The van der Waals surface area contributed by atoms with Crippen molar-refractivity contribution in [3.05, 3.63) is 153 Å². The molecule has 0 spiro atoms. The van der Waals surface area contributed by atoms with E-state index in [1.54, 1.807) is 6.55 Å². The quantitative estimate of drug-likeness (QED) is 0.152. The van der Waals surface area contributed by atoms with Crippen molar-refractivity contribution in [2.75, 3.05) is 0 Å². The van der Waals surface area contributed by atoms with Gasteiger partial charge in [0, 0.05) is 0 Å². The van der Waals surface area contributed by atoms with Crippen molar-refractivity contribution >= 4 is 35.6 Å². The summed E-state index contributed by atoms with van der Waals surface area (Å²) in [5, 5.41) is 0. The van der Waals surface area contributed by atoms with Crippen molar-refractivity contribution in [2.45, 2.75) is 51.6 Å². The van der Waals surface area contributed by atoms with Gasteiger partial charge in [0.1, 0.15) is 0 Å². The second-order valence-electron chi connectivity index (χ2n) is 15.0. The Morgan fingerprint density at radius 2 is 1.25 bits per heavy atom. The predicted molar refractivity (Wildman–Crippen MR) is 213 cm³/mol. The van der Waals surface area contributed by atoms with Gasteiger partial charge < -0.3 is 0 Å². The number of allylic oxidation sites excluding steroid dienone is 4. The summed E-state index contributed by atoms with van der Waals surface area (Å²) < 4.78 is 12.9. The van der Waals surface area contributed by atoms with Crippen molar-refractivity contribution < 1.29 is 18.3 Å². The third-order valence-corrected chi connectivity index (χ3v) is 25.3. The molecular weight excluding hydrogens is 703 g/mol. The van der Waals surface area contributed by atoms with Gasteiger partial charge in [-0.15, -0.1) is 24.8 Å². The molecule has 7 rings (SSSR count). The first-order valence-corrected chi connectivity index (χ1v) is 24.9. The summed E-state index contributed by atoms with van der Waals surface area (Å²) in [6, 6.07) is 45.3. The summed E-state index contributed by atoms with van der Waals surface area (Å²) in [5.74, 6) is 0.403. The first-order valence-electron chi connectivity index (χ1n) is 17.0. The van der Waals surface area contributed by atoms with E-state index in [2.05, 4.69) is 166 Å². The van der Waals surface area contributed by atoms with E-state index in [-0.39, 0.29) is 30.2 Å². The van der Waals surface area contributed by atoms with Crippen molar-refractivity contribution in [1.29, 1.82) is 0 Å². The Morgan fingerprint density at radius 1 is 0.688 bits per heavy atom. The molecule has 0 heterocycles. The van der Waals surface area contributed by atoms with Gasteiger partial charge >= 0.3 is 279 Å².